The van der Waals surface area contributed by atoms with Gasteiger partial charge in [-0.05, 0) is 55.9 Å². The second-order valence-electron chi connectivity index (χ2n) is 12.8. The quantitative estimate of drug-likeness (QED) is 0.0679. The Morgan fingerprint density at radius 3 is 2.15 bits per heavy atom. The topological polar surface area (TPSA) is 307 Å². The minimum absolute atomic E-state index is 0.0201. The average Bonchev–Trinajstić information content (AvgIpc) is 3.62. The van der Waals surface area contributed by atoms with Gasteiger partial charge in [-0.1, -0.05) is 42.5 Å². The third kappa shape index (κ3) is 14.1. The Hall–Kier alpha value is -4.91. The SMILES string of the molecule is C[C@H](NC(=O)[C@H](COP(=O)(O)O)NC(=O)[C@@H]1CCCN1C(=O)[C@H](Cc1ccc(O)cc1)NC(=O)[C@@H](N)Cc1ccccc1)C(=O)N[C@H](CO)CCC(=O)O. The highest BCUT2D eigenvalue weighted by Gasteiger charge is 2.40. The summed E-state index contributed by atoms with van der Waals surface area (Å²) in [6, 6.07) is 7.44. The van der Waals surface area contributed by atoms with Crippen LogP contribution in [0.25, 0.3) is 0 Å². The second-order valence-corrected chi connectivity index (χ2v) is 14.1. The van der Waals surface area contributed by atoms with Gasteiger partial charge in [0.25, 0.3) is 0 Å². The van der Waals surface area contributed by atoms with E-state index in [1.165, 1.54) is 24.0 Å². The molecule has 6 atom stereocenters. The van der Waals surface area contributed by atoms with Crippen molar-refractivity contribution >= 4 is 43.3 Å². The molecule has 2 aromatic rings. The molecule has 1 heterocycles. The van der Waals surface area contributed by atoms with Crippen molar-refractivity contribution in [1.29, 1.82) is 0 Å². The van der Waals surface area contributed by atoms with E-state index < -0.39 is 92.8 Å². The molecule has 20 heteroatoms. The summed E-state index contributed by atoms with van der Waals surface area (Å²) in [6.07, 6.45) is 0.141. The van der Waals surface area contributed by atoms with Gasteiger partial charge in [0.05, 0.1) is 25.3 Å². The zero-order chi connectivity index (χ0) is 40.0. The number of carboxylic acids is 1. The van der Waals surface area contributed by atoms with Crippen molar-refractivity contribution in [2.45, 2.75) is 81.7 Å². The maximum absolute atomic E-state index is 14.1. The molecule has 5 amide bonds. The van der Waals surface area contributed by atoms with Gasteiger partial charge < -0.3 is 57.0 Å². The van der Waals surface area contributed by atoms with Crippen LogP contribution in [0.4, 0.5) is 0 Å². The highest BCUT2D eigenvalue weighted by molar-refractivity contribution is 7.46. The number of aromatic hydroxyl groups is 1. The Kier molecular flexibility index (Phi) is 16.5. The van der Waals surface area contributed by atoms with Crippen LogP contribution in [-0.2, 0) is 50.7 Å². The Labute approximate surface area is 310 Å². The number of nitrogens with zero attached hydrogens (tertiary/aromatic N) is 1. The molecule has 0 aliphatic carbocycles. The molecule has 19 nitrogen and oxygen atoms in total. The zero-order valence-corrected chi connectivity index (χ0v) is 30.4. The third-order valence-corrected chi connectivity index (χ3v) is 9.02. The standard InChI is InChI=1S/C34H47N6O13P/c1-20(30(45)37-23(18-41)11-14-29(43)44)36-32(47)27(19-53-54(50,51)52)39-33(48)28-8-5-15-40(28)34(49)26(17-22-9-12-24(42)13-10-22)38-31(46)25(35)16-21-6-3-2-4-7-21/h2-4,6-7,9-10,12-13,20,23,25-28,41-42H,5,8,11,14-19,35H2,1H3,(H,36,47)(H,37,45)(H,38,46)(H,39,48)(H,43,44)(H2,50,51,52)/t20-,23-,25-,26-,27-,28-/m0/s1. The summed E-state index contributed by atoms with van der Waals surface area (Å²) in [5, 5.41) is 37.8. The molecule has 0 aromatic heterocycles. The Morgan fingerprint density at radius 1 is 0.889 bits per heavy atom. The number of phenols is 1. The molecule has 0 radical (unpaired) electrons. The number of aliphatic carboxylic acids is 1. The summed E-state index contributed by atoms with van der Waals surface area (Å²) in [5.74, 6) is -5.27. The van der Waals surface area contributed by atoms with Gasteiger partial charge in [-0.2, -0.15) is 0 Å². The molecule has 1 aliphatic rings. The van der Waals surface area contributed by atoms with Crippen molar-refractivity contribution in [3.05, 3.63) is 65.7 Å². The summed E-state index contributed by atoms with van der Waals surface area (Å²) in [5.41, 5.74) is 7.55. The fraction of sp³-hybridized carbons (Fsp3) is 0.471. The maximum atomic E-state index is 14.1. The van der Waals surface area contributed by atoms with Crippen molar-refractivity contribution in [2.24, 2.45) is 5.73 Å². The number of hydrogen-bond donors (Lipinski definition) is 10. The Bertz CT molecular complexity index is 1660. The monoisotopic (exact) mass is 778 g/mol. The predicted octanol–water partition coefficient (Wildman–Crippen LogP) is -1.58. The molecule has 11 N–H and O–H groups in total. The Morgan fingerprint density at radius 2 is 1.54 bits per heavy atom. The highest BCUT2D eigenvalue weighted by atomic mass is 31.2. The van der Waals surface area contributed by atoms with Crippen LogP contribution < -0.4 is 27.0 Å². The molecule has 54 heavy (non-hydrogen) atoms. The van der Waals surface area contributed by atoms with Crippen molar-refractivity contribution in [3.8, 4) is 5.75 Å². The van der Waals surface area contributed by atoms with Crippen LogP contribution in [0.2, 0.25) is 0 Å². The zero-order valence-electron chi connectivity index (χ0n) is 29.5. The number of carbonyl (C=O) groups excluding carboxylic acids is 5. The minimum Gasteiger partial charge on any atom is -0.508 e. The first kappa shape index (κ1) is 43.5. The molecule has 0 saturated carbocycles. The van der Waals surface area contributed by atoms with Crippen LogP contribution in [0.1, 0.15) is 43.7 Å². The largest absolute Gasteiger partial charge is 0.508 e. The normalized spacial score (nSPS) is 17.0. The van der Waals surface area contributed by atoms with Crippen LogP contribution in [0.15, 0.2) is 54.6 Å². The van der Waals surface area contributed by atoms with Crippen LogP contribution >= 0.6 is 7.82 Å². The number of benzene rings is 2. The number of nitrogens with one attached hydrogen (secondary N) is 4. The fourth-order valence-electron chi connectivity index (χ4n) is 5.65. The van der Waals surface area contributed by atoms with Crippen molar-refractivity contribution in [1.82, 2.24) is 26.2 Å². The van der Waals surface area contributed by atoms with Gasteiger partial charge in [0.2, 0.25) is 29.5 Å². The second kappa shape index (κ2) is 20.5. The van der Waals surface area contributed by atoms with E-state index in [1.807, 2.05) is 6.07 Å². The summed E-state index contributed by atoms with van der Waals surface area (Å²) < 4.78 is 16.0. The molecule has 1 aliphatic heterocycles. The van der Waals surface area contributed by atoms with Crippen molar-refractivity contribution in [2.75, 3.05) is 19.8 Å². The molecule has 0 spiro atoms. The van der Waals surface area contributed by atoms with Crippen molar-refractivity contribution in [3.63, 3.8) is 0 Å². The number of rotatable bonds is 20. The lowest BCUT2D eigenvalue weighted by atomic mass is 10.0. The van der Waals surface area contributed by atoms with Gasteiger partial charge in [0, 0.05) is 19.4 Å². The third-order valence-electron chi connectivity index (χ3n) is 8.53. The fourth-order valence-corrected chi connectivity index (χ4v) is 5.99. The molecule has 3 rings (SSSR count). The molecule has 296 valence electrons. The first-order chi connectivity index (χ1) is 25.5. The molecule has 0 unspecified atom stereocenters. The predicted molar refractivity (Wildman–Crippen MR) is 190 cm³/mol. The van der Waals surface area contributed by atoms with E-state index >= 15 is 0 Å². The molecule has 1 fully saturated rings. The summed E-state index contributed by atoms with van der Waals surface area (Å²) in [7, 11) is -5.16. The number of phenolic OH excluding ortho intramolecular Hbond substituents is 1. The number of amides is 5. The van der Waals surface area contributed by atoms with Crippen LogP contribution in [0, 0.1) is 0 Å². The number of carbonyl (C=O) groups is 6. The molecule has 1 saturated heterocycles. The maximum Gasteiger partial charge on any atom is 0.469 e. The number of likely N-dealkylation sites (tertiary alicyclic amines) is 1. The lowest BCUT2D eigenvalue weighted by Crippen LogP contribution is -2.59. The van der Waals surface area contributed by atoms with Gasteiger partial charge in [-0.3, -0.25) is 33.3 Å². The Balaban J connectivity index is 1.77. The first-order valence-corrected chi connectivity index (χ1v) is 18.6. The van der Waals surface area contributed by atoms with Crippen molar-refractivity contribution < 1.29 is 63.0 Å². The minimum atomic E-state index is -5.16. The number of aliphatic hydroxyl groups is 1. The van der Waals surface area contributed by atoms with Gasteiger partial charge in [-0.15, -0.1) is 0 Å². The molecular weight excluding hydrogens is 731 g/mol. The molecular formula is C34H47N6O13P. The summed E-state index contributed by atoms with van der Waals surface area (Å²) in [4.78, 5) is 97.6. The van der Waals surface area contributed by atoms with E-state index in [0.717, 1.165) is 5.56 Å². The highest BCUT2D eigenvalue weighted by Crippen LogP contribution is 2.35. The number of phosphoric ester groups is 1. The van der Waals surface area contributed by atoms with Gasteiger partial charge in [0.15, 0.2) is 0 Å². The van der Waals surface area contributed by atoms with E-state index in [1.54, 1.807) is 36.4 Å². The number of aliphatic hydroxyl groups excluding tert-OH is 1. The summed E-state index contributed by atoms with van der Waals surface area (Å²) >= 11 is 0. The van der Waals surface area contributed by atoms with Gasteiger partial charge in [0.1, 0.15) is 29.9 Å². The van der Waals surface area contributed by atoms with E-state index in [2.05, 4.69) is 25.8 Å². The number of hydrogen-bond acceptors (Lipinski definition) is 11. The number of nitrogens with two attached hydrogens (primary N) is 1. The lowest BCUT2D eigenvalue weighted by molar-refractivity contribution is -0.142. The van der Waals surface area contributed by atoms with E-state index in [0.29, 0.717) is 12.0 Å². The van der Waals surface area contributed by atoms with E-state index in [4.69, 9.17) is 10.8 Å². The van der Waals surface area contributed by atoms with Crippen LogP contribution in [0.3, 0.4) is 0 Å². The number of carboxylic acid groups (broad SMARTS) is 1. The van der Waals surface area contributed by atoms with E-state index in [9.17, 15) is 53.3 Å². The molecule has 0 bridgehead atoms. The number of phosphoric acid groups is 1. The smallest absolute Gasteiger partial charge is 0.469 e. The molecule has 2 aromatic carbocycles. The lowest BCUT2D eigenvalue weighted by Gasteiger charge is -2.30. The van der Waals surface area contributed by atoms with E-state index in [-0.39, 0.29) is 44.4 Å². The van der Waals surface area contributed by atoms with Crippen LogP contribution in [-0.4, -0.2) is 122 Å². The average molecular weight is 779 g/mol. The van der Waals surface area contributed by atoms with Gasteiger partial charge >= 0.3 is 13.8 Å². The summed E-state index contributed by atoms with van der Waals surface area (Å²) in [6.45, 7) is -0.304. The first-order valence-electron chi connectivity index (χ1n) is 17.1. The van der Waals surface area contributed by atoms with Gasteiger partial charge in [-0.25, -0.2) is 4.57 Å². The van der Waals surface area contributed by atoms with Crippen LogP contribution in [0.5, 0.6) is 5.75 Å².